The van der Waals surface area contributed by atoms with Gasteiger partial charge in [-0.05, 0) is 17.7 Å². The normalized spacial score (nSPS) is 9.64. The maximum atomic E-state index is 5.70. The van der Waals surface area contributed by atoms with Gasteiger partial charge in [-0.2, -0.15) is 0 Å². The number of halogens is 2. The highest BCUT2D eigenvalue weighted by molar-refractivity contribution is 14.1. The van der Waals surface area contributed by atoms with Crippen LogP contribution >= 0.6 is 34.2 Å². The van der Waals surface area contributed by atoms with E-state index in [0.717, 1.165) is 14.5 Å². The summed E-state index contributed by atoms with van der Waals surface area (Å²) in [5.74, 6) is 2.56. The molecule has 0 saturated carbocycles. The number of rotatable bonds is 1. The van der Waals surface area contributed by atoms with Crippen LogP contribution in [-0.4, -0.2) is 0 Å². The standard InChI is InChI=1S/C9H5ClI/c1-2-9(11)7-3-5-8(10)6-4-7/h1,3-6H. The molecule has 2 heteroatoms. The van der Waals surface area contributed by atoms with Gasteiger partial charge in [0.15, 0.2) is 0 Å². The molecule has 0 atom stereocenters. The van der Waals surface area contributed by atoms with Crippen LogP contribution in [0.3, 0.4) is 0 Å². The predicted octanol–water partition coefficient (Wildman–Crippen LogP) is 3.29. The van der Waals surface area contributed by atoms with E-state index in [0.29, 0.717) is 0 Å². The molecule has 1 rings (SSSR count). The first-order chi connectivity index (χ1) is 5.24. The van der Waals surface area contributed by atoms with E-state index in [1.54, 1.807) is 0 Å². The average molecular weight is 275 g/mol. The van der Waals surface area contributed by atoms with Crippen molar-refractivity contribution >= 4 is 34.2 Å². The molecule has 0 nitrogen and oxygen atoms in total. The topological polar surface area (TPSA) is 0 Å². The number of benzene rings is 1. The van der Waals surface area contributed by atoms with Crippen molar-refractivity contribution in [3.05, 3.63) is 38.8 Å². The number of hydrogen-bond donors (Lipinski definition) is 0. The van der Waals surface area contributed by atoms with Crippen molar-refractivity contribution in [1.29, 1.82) is 0 Å². The fourth-order valence-corrected chi connectivity index (χ4v) is 1.17. The highest BCUT2D eigenvalue weighted by Crippen LogP contribution is 2.22. The van der Waals surface area contributed by atoms with Crippen LogP contribution in [0.4, 0.5) is 0 Å². The first kappa shape index (κ1) is 8.89. The minimum absolute atomic E-state index is 0.731. The Hall–Kier alpha value is -0.200. The first-order valence-corrected chi connectivity index (χ1v) is 4.44. The molecule has 1 radical (unpaired) electrons. The zero-order valence-corrected chi connectivity index (χ0v) is 8.56. The molecule has 1 aromatic rings. The molecular formula is C9H5ClI. The minimum Gasteiger partial charge on any atom is -0.118 e. The van der Waals surface area contributed by atoms with Crippen LogP contribution in [-0.2, 0) is 0 Å². The Bertz CT molecular complexity index is 271. The van der Waals surface area contributed by atoms with Gasteiger partial charge in [-0.3, -0.25) is 0 Å². The Morgan fingerprint density at radius 3 is 2.36 bits per heavy atom. The van der Waals surface area contributed by atoms with Gasteiger partial charge in [-0.1, -0.05) is 52.2 Å². The van der Waals surface area contributed by atoms with Crippen LogP contribution in [0.25, 0.3) is 0 Å². The van der Waals surface area contributed by atoms with E-state index in [-0.39, 0.29) is 0 Å². The summed E-state index contributed by atoms with van der Waals surface area (Å²) >= 11 is 7.82. The monoisotopic (exact) mass is 275 g/mol. The molecule has 0 unspecified atom stereocenters. The second kappa shape index (κ2) is 3.99. The lowest BCUT2D eigenvalue weighted by Gasteiger charge is -1.99. The van der Waals surface area contributed by atoms with E-state index >= 15 is 0 Å². The third-order valence-electron chi connectivity index (χ3n) is 1.22. The van der Waals surface area contributed by atoms with Gasteiger partial charge in [0.25, 0.3) is 0 Å². The lowest BCUT2D eigenvalue weighted by Crippen LogP contribution is -1.84. The number of hydrogen-bond acceptors (Lipinski definition) is 0. The van der Waals surface area contributed by atoms with Gasteiger partial charge in [-0.15, -0.1) is 6.42 Å². The Kier molecular flexibility index (Phi) is 3.22. The van der Waals surface area contributed by atoms with E-state index in [1.807, 2.05) is 24.3 Å². The summed E-state index contributed by atoms with van der Waals surface area (Å²) in [7, 11) is 0. The zero-order chi connectivity index (χ0) is 8.27. The Labute approximate surface area is 85.1 Å². The van der Waals surface area contributed by atoms with Crippen molar-refractivity contribution in [1.82, 2.24) is 0 Å². The summed E-state index contributed by atoms with van der Waals surface area (Å²) in [5.41, 5.74) is 1.04. The molecule has 0 amide bonds. The maximum Gasteiger partial charge on any atom is 0.137 e. The molecule has 0 aliphatic heterocycles. The van der Waals surface area contributed by atoms with Gasteiger partial charge in [-0.25, -0.2) is 0 Å². The first-order valence-electron chi connectivity index (χ1n) is 2.99. The smallest absolute Gasteiger partial charge is 0.118 e. The molecule has 0 spiro atoms. The highest BCUT2D eigenvalue weighted by atomic mass is 127. The van der Waals surface area contributed by atoms with Crippen LogP contribution in [0, 0.1) is 16.3 Å². The van der Waals surface area contributed by atoms with Crippen molar-refractivity contribution in [2.24, 2.45) is 0 Å². The largest absolute Gasteiger partial charge is 0.137 e. The van der Waals surface area contributed by atoms with Gasteiger partial charge in [0, 0.05) is 5.02 Å². The van der Waals surface area contributed by atoms with E-state index in [9.17, 15) is 0 Å². The molecule has 55 valence electrons. The van der Waals surface area contributed by atoms with Crippen molar-refractivity contribution in [2.75, 3.05) is 0 Å². The highest BCUT2D eigenvalue weighted by Gasteiger charge is 2.02. The summed E-state index contributed by atoms with van der Waals surface area (Å²) < 4.78 is 0.902. The fourth-order valence-electron chi connectivity index (χ4n) is 0.680. The van der Waals surface area contributed by atoms with Crippen molar-refractivity contribution in [3.8, 4) is 12.3 Å². The van der Waals surface area contributed by atoms with Gasteiger partial charge in [0.1, 0.15) is 3.92 Å². The van der Waals surface area contributed by atoms with Crippen molar-refractivity contribution in [3.63, 3.8) is 0 Å². The van der Waals surface area contributed by atoms with Crippen LogP contribution in [0.5, 0.6) is 0 Å². The molecule has 0 bridgehead atoms. The summed E-state index contributed by atoms with van der Waals surface area (Å²) in [6, 6.07) is 7.47. The molecule has 1 aromatic carbocycles. The lowest BCUT2D eigenvalue weighted by molar-refractivity contribution is 1.54. The van der Waals surface area contributed by atoms with Gasteiger partial charge < -0.3 is 0 Å². The van der Waals surface area contributed by atoms with Gasteiger partial charge in [0.2, 0.25) is 0 Å². The van der Waals surface area contributed by atoms with Gasteiger partial charge >= 0.3 is 0 Å². The second-order valence-electron chi connectivity index (χ2n) is 1.97. The van der Waals surface area contributed by atoms with E-state index in [2.05, 4.69) is 28.5 Å². The Balaban J connectivity index is 2.92. The Morgan fingerprint density at radius 1 is 1.36 bits per heavy atom. The summed E-state index contributed by atoms with van der Waals surface area (Å²) in [6.45, 7) is 0. The zero-order valence-electron chi connectivity index (χ0n) is 5.64. The molecule has 0 aliphatic rings. The van der Waals surface area contributed by atoms with Crippen molar-refractivity contribution < 1.29 is 0 Å². The summed E-state index contributed by atoms with van der Waals surface area (Å²) in [4.78, 5) is 0. The van der Waals surface area contributed by atoms with Gasteiger partial charge in [0.05, 0.1) is 0 Å². The SMILES string of the molecule is C#C[C](I)c1ccc(Cl)cc1. The summed E-state index contributed by atoms with van der Waals surface area (Å²) in [5, 5.41) is 0.731. The fraction of sp³-hybridized carbons (Fsp3) is 0. The van der Waals surface area contributed by atoms with Crippen LogP contribution in [0.2, 0.25) is 5.02 Å². The third-order valence-corrected chi connectivity index (χ3v) is 2.41. The van der Waals surface area contributed by atoms with E-state index < -0.39 is 0 Å². The van der Waals surface area contributed by atoms with Crippen LogP contribution < -0.4 is 0 Å². The van der Waals surface area contributed by atoms with E-state index in [4.69, 9.17) is 18.0 Å². The minimum atomic E-state index is 0.731. The van der Waals surface area contributed by atoms with Crippen LogP contribution in [0.15, 0.2) is 24.3 Å². The summed E-state index contributed by atoms with van der Waals surface area (Å²) in [6.07, 6.45) is 5.21. The molecule has 0 fully saturated rings. The lowest BCUT2D eigenvalue weighted by atomic mass is 10.2. The molecule has 0 saturated heterocycles. The predicted molar refractivity (Wildman–Crippen MR) is 56.7 cm³/mol. The third kappa shape index (κ3) is 2.39. The van der Waals surface area contributed by atoms with Crippen LogP contribution in [0.1, 0.15) is 5.56 Å². The quantitative estimate of drug-likeness (QED) is 0.545. The molecule has 0 N–H and O–H groups in total. The van der Waals surface area contributed by atoms with Crippen molar-refractivity contribution in [2.45, 2.75) is 0 Å². The molecule has 0 heterocycles. The molecule has 11 heavy (non-hydrogen) atoms. The molecule has 0 aromatic heterocycles. The van der Waals surface area contributed by atoms with E-state index in [1.165, 1.54) is 0 Å². The number of terminal acetylenes is 1. The maximum absolute atomic E-state index is 5.70. The Morgan fingerprint density at radius 2 is 1.91 bits per heavy atom. The second-order valence-corrected chi connectivity index (χ2v) is 3.48. The molecular weight excluding hydrogens is 270 g/mol. The average Bonchev–Trinajstić information content (AvgIpc) is 2.05. The molecule has 0 aliphatic carbocycles.